The Labute approximate surface area is 233 Å². The maximum atomic E-state index is 11.3. The van der Waals surface area contributed by atoms with Crippen LogP contribution in [0.15, 0.2) is 97.1 Å². The van der Waals surface area contributed by atoms with Crippen molar-refractivity contribution in [1.82, 2.24) is 0 Å². The predicted molar refractivity (Wildman–Crippen MR) is 153 cm³/mol. The van der Waals surface area contributed by atoms with Crippen LogP contribution in [0.2, 0.25) is 0 Å². The van der Waals surface area contributed by atoms with Crippen molar-refractivity contribution in [2.75, 3.05) is 0 Å². The molecule has 1 N–H and O–H groups in total. The van der Waals surface area contributed by atoms with Crippen molar-refractivity contribution < 1.29 is 24.5 Å². The minimum atomic E-state index is -0.0726. The number of hydrogen-bond acceptors (Lipinski definition) is 1. The van der Waals surface area contributed by atoms with E-state index < -0.39 is 0 Å². The average Bonchev–Trinajstić information content (AvgIpc) is 2.88. The van der Waals surface area contributed by atoms with Crippen molar-refractivity contribution in [1.29, 1.82) is 0 Å². The third kappa shape index (κ3) is 8.87. The van der Waals surface area contributed by atoms with Gasteiger partial charge in [0.15, 0.2) is 0 Å². The third-order valence-electron chi connectivity index (χ3n) is 5.75. The monoisotopic (exact) mass is 549 g/mol. The van der Waals surface area contributed by atoms with Gasteiger partial charge < -0.3 is 10.4 Å². The van der Waals surface area contributed by atoms with Gasteiger partial charge in [0.1, 0.15) is 5.75 Å². The van der Waals surface area contributed by atoms with Crippen LogP contribution in [0.25, 0.3) is 5.32 Å². The van der Waals surface area contributed by atoms with Crippen LogP contribution in [0, 0.1) is 0 Å². The summed E-state index contributed by atoms with van der Waals surface area (Å²) in [5.41, 5.74) is 5.85. The molecule has 0 saturated carbocycles. The summed E-state index contributed by atoms with van der Waals surface area (Å²) in [4.78, 5) is 0. The van der Waals surface area contributed by atoms with Crippen molar-refractivity contribution in [3.05, 3.63) is 130 Å². The third-order valence-corrected chi connectivity index (χ3v) is 7.16. The summed E-state index contributed by atoms with van der Waals surface area (Å²) in [7, 11) is 5.01. The first kappa shape index (κ1) is 28.6. The molecule has 0 bridgehead atoms. The summed E-state index contributed by atoms with van der Waals surface area (Å²) in [5, 5.41) is 18.4. The van der Waals surface area contributed by atoms with Crippen LogP contribution in [0.4, 0.5) is 0 Å². The molecule has 0 heterocycles. The average molecular weight is 550 g/mol. The number of rotatable bonds is 8. The second kappa shape index (κ2) is 14.1. The fourth-order valence-corrected chi connectivity index (χ4v) is 5.32. The topological polar surface area (TPSA) is 34.3 Å². The van der Waals surface area contributed by atoms with Crippen molar-refractivity contribution in [2.24, 2.45) is 0 Å². The molecule has 4 aromatic carbocycles. The summed E-state index contributed by atoms with van der Waals surface area (Å²) in [6.07, 6.45) is 1.56. The molecule has 1 unspecified atom stereocenters. The van der Waals surface area contributed by atoms with Gasteiger partial charge in [-0.1, -0.05) is 126 Å². The van der Waals surface area contributed by atoms with Crippen molar-refractivity contribution in [3.8, 4) is 5.75 Å². The summed E-state index contributed by atoms with van der Waals surface area (Å²) in [6, 6.07) is 33.8. The number of aromatic hydroxyl groups is 1. The first-order chi connectivity index (χ1) is 17.4. The van der Waals surface area contributed by atoms with Gasteiger partial charge in [-0.05, 0) is 40.0 Å². The fraction of sp³-hybridized carbons (Fsp3) is 0.226. The molecule has 0 aromatic heterocycles. The van der Waals surface area contributed by atoms with E-state index >= 15 is 0 Å². The molecule has 0 spiro atoms. The molecule has 184 valence electrons. The van der Waals surface area contributed by atoms with Crippen molar-refractivity contribution >= 4 is 28.5 Å². The Morgan fingerprint density at radius 2 is 1.25 bits per heavy atom. The van der Waals surface area contributed by atoms with E-state index in [1.165, 1.54) is 46.9 Å². The molecule has 0 aliphatic rings. The molecule has 0 saturated heterocycles. The molecular formula is C31H33ClNOPTi. The number of halogens is 1. The van der Waals surface area contributed by atoms with E-state index in [0.717, 1.165) is 17.3 Å². The molecule has 2 nitrogen and oxygen atoms in total. The minimum absolute atomic E-state index is 0.0726. The van der Waals surface area contributed by atoms with Crippen molar-refractivity contribution in [2.45, 2.75) is 45.7 Å². The van der Waals surface area contributed by atoms with Gasteiger partial charge >= 0.3 is 28.7 Å². The first-order valence-corrected chi connectivity index (χ1v) is 15.2. The molecule has 1 atom stereocenters. The molecule has 0 fully saturated rings. The van der Waals surface area contributed by atoms with Gasteiger partial charge in [0.05, 0.1) is 0 Å². The van der Waals surface area contributed by atoms with Gasteiger partial charge in [-0.25, -0.2) is 0 Å². The zero-order chi connectivity index (χ0) is 26.0. The number of phenolic OH excluding ortho intramolecular Hbond substituents is 1. The van der Waals surface area contributed by atoms with E-state index in [2.05, 4.69) is 115 Å². The first-order valence-electron chi connectivity index (χ1n) is 12.0. The zero-order valence-corrected chi connectivity index (χ0v) is 24.4. The fourth-order valence-electron chi connectivity index (χ4n) is 3.99. The molecular weight excluding hydrogens is 517 g/mol. The number of phenols is 1. The molecule has 0 radical (unpaired) electrons. The van der Waals surface area contributed by atoms with Crippen molar-refractivity contribution in [3.63, 3.8) is 0 Å². The predicted octanol–water partition coefficient (Wildman–Crippen LogP) is 7.56. The van der Waals surface area contributed by atoms with Gasteiger partial charge in [-0.15, -0.1) is 12.1 Å². The molecule has 0 aliphatic heterocycles. The second-order valence-electron chi connectivity index (χ2n) is 9.75. The Morgan fingerprint density at radius 1 is 0.694 bits per heavy atom. The molecule has 5 heteroatoms. The van der Waals surface area contributed by atoms with E-state index in [9.17, 15) is 5.11 Å². The Hall–Kier alpha value is -1.93. The van der Waals surface area contributed by atoms with Crippen LogP contribution >= 0.6 is 17.9 Å². The van der Waals surface area contributed by atoms with E-state index in [1.807, 2.05) is 12.1 Å². The van der Waals surface area contributed by atoms with Gasteiger partial charge in [0.25, 0.3) is 0 Å². The van der Waals surface area contributed by atoms with Gasteiger partial charge in [-0.2, -0.15) is 0 Å². The molecule has 4 aromatic rings. The Balaban J connectivity index is 0.00000176. The van der Waals surface area contributed by atoms with Crippen LogP contribution in [-0.4, -0.2) is 10.6 Å². The normalized spacial score (nSPS) is 11.3. The van der Waals surface area contributed by atoms with Gasteiger partial charge in [0, 0.05) is 11.7 Å². The zero-order valence-electron chi connectivity index (χ0n) is 21.1. The second-order valence-corrected chi connectivity index (χ2v) is 11.1. The number of nitrogens with zero attached hydrogens (tertiary/aromatic N) is 1. The van der Waals surface area contributed by atoms with Gasteiger partial charge in [0.2, 0.25) is 0 Å². The SMILES string of the molecule is CC(C)(C)[N-]Cc1ccccc1Pc1cc(Cc2ccccc2)cc(Cc2ccccc2)c1O.[Cl][Ti+]. The standard InChI is InChI=1S/C31H33NOP.ClH.Ti/c1-31(2,3)32-22-26-16-10-11-17-28(26)34-29-21-25(18-23-12-6-4-7-13-23)20-27(30(29)33)19-24-14-8-5-9-15-24;;/h4-17,20-21,33-34H,18-19,22H2,1-3H3;1H;/q-1;;+2/p-1. The Kier molecular flexibility index (Phi) is 11.2. The van der Waals surface area contributed by atoms with Crippen LogP contribution in [0.1, 0.15) is 48.6 Å². The molecule has 4 rings (SSSR count). The quantitative estimate of drug-likeness (QED) is 0.179. The summed E-state index contributed by atoms with van der Waals surface area (Å²) in [6.45, 7) is 7.08. The maximum absolute atomic E-state index is 11.3. The van der Waals surface area contributed by atoms with E-state index in [0.29, 0.717) is 27.3 Å². The van der Waals surface area contributed by atoms with Crippen LogP contribution in [0.3, 0.4) is 0 Å². The Morgan fingerprint density at radius 3 is 1.86 bits per heavy atom. The van der Waals surface area contributed by atoms with Crippen LogP contribution in [-0.2, 0) is 38.8 Å². The summed E-state index contributed by atoms with van der Waals surface area (Å²) in [5.74, 6) is 0.418. The number of hydrogen-bond donors (Lipinski definition) is 1. The number of benzene rings is 4. The summed E-state index contributed by atoms with van der Waals surface area (Å²) < 4.78 is 0. The van der Waals surface area contributed by atoms with E-state index in [1.54, 1.807) is 0 Å². The van der Waals surface area contributed by atoms with E-state index in [4.69, 9.17) is 5.32 Å². The van der Waals surface area contributed by atoms with Crippen LogP contribution in [0.5, 0.6) is 5.75 Å². The molecule has 0 aliphatic carbocycles. The molecule has 0 amide bonds. The summed E-state index contributed by atoms with van der Waals surface area (Å²) >= 11 is 1.47. The molecule has 36 heavy (non-hydrogen) atoms. The Bertz CT molecular complexity index is 1230. The van der Waals surface area contributed by atoms with Gasteiger partial charge in [-0.3, -0.25) is 0 Å². The van der Waals surface area contributed by atoms with Crippen LogP contribution < -0.4 is 10.6 Å². The van der Waals surface area contributed by atoms with E-state index in [-0.39, 0.29) is 5.54 Å².